The number of ether oxygens (including phenoxy) is 1. The summed E-state index contributed by atoms with van der Waals surface area (Å²) in [4.78, 5) is 11.1. The molecular formula is C26H18O2. The van der Waals surface area contributed by atoms with Crippen molar-refractivity contribution in [2.45, 2.75) is 5.60 Å². The fraction of sp³-hybridized carbons (Fsp3) is 0.0385. The van der Waals surface area contributed by atoms with E-state index in [9.17, 15) is 4.79 Å². The molecule has 0 saturated heterocycles. The second-order valence-electron chi connectivity index (χ2n) is 6.98. The fourth-order valence-corrected chi connectivity index (χ4v) is 3.94. The molecule has 0 aliphatic carbocycles. The van der Waals surface area contributed by atoms with Gasteiger partial charge >= 0.3 is 0 Å². The molecule has 0 N–H and O–H groups in total. The number of carbonyl (C=O) groups excluding carboxylic acids is 1. The summed E-state index contributed by atoms with van der Waals surface area (Å²) >= 11 is 0. The molecule has 0 fully saturated rings. The van der Waals surface area contributed by atoms with E-state index in [2.05, 4.69) is 36.4 Å². The molecule has 4 aromatic rings. The van der Waals surface area contributed by atoms with Gasteiger partial charge in [-0.2, -0.15) is 0 Å². The molecule has 0 unspecified atom stereocenters. The monoisotopic (exact) mass is 362 g/mol. The molecule has 5 rings (SSSR count). The Morgan fingerprint density at radius 1 is 0.750 bits per heavy atom. The van der Waals surface area contributed by atoms with E-state index in [0.29, 0.717) is 5.56 Å². The number of hydrogen-bond donors (Lipinski definition) is 0. The molecule has 2 nitrogen and oxygen atoms in total. The third kappa shape index (κ3) is 2.54. The number of benzene rings is 4. The molecule has 134 valence electrons. The molecule has 28 heavy (non-hydrogen) atoms. The van der Waals surface area contributed by atoms with Gasteiger partial charge in [-0.15, -0.1) is 0 Å². The molecule has 0 radical (unpaired) electrons. The number of fused-ring (bicyclic) bond motifs is 3. The molecule has 0 bridgehead atoms. The summed E-state index contributed by atoms with van der Waals surface area (Å²) in [5.41, 5.74) is 3.21. The molecule has 0 spiro atoms. The van der Waals surface area contributed by atoms with Gasteiger partial charge in [0.1, 0.15) is 12.0 Å². The maximum absolute atomic E-state index is 11.1. The van der Waals surface area contributed by atoms with Gasteiger partial charge in [0.15, 0.2) is 5.60 Å². The molecular weight excluding hydrogens is 344 g/mol. The van der Waals surface area contributed by atoms with Crippen LogP contribution in [0.5, 0.6) is 5.75 Å². The Morgan fingerprint density at radius 2 is 1.43 bits per heavy atom. The highest BCUT2D eigenvalue weighted by atomic mass is 16.5. The first-order valence-electron chi connectivity index (χ1n) is 9.31. The van der Waals surface area contributed by atoms with Crippen molar-refractivity contribution in [1.29, 1.82) is 0 Å². The maximum Gasteiger partial charge on any atom is 0.178 e. The fourth-order valence-electron chi connectivity index (χ4n) is 3.94. The number of rotatable bonds is 3. The van der Waals surface area contributed by atoms with Crippen molar-refractivity contribution in [2.75, 3.05) is 0 Å². The van der Waals surface area contributed by atoms with Crippen molar-refractivity contribution in [3.63, 3.8) is 0 Å². The van der Waals surface area contributed by atoms with E-state index in [4.69, 9.17) is 4.74 Å². The van der Waals surface area contributed by atoms with Crippen LogP contribution < -0.4 is 4.74 Å². The third-order valence-corrected chi connectivity index (χ3v) is 5.34. The van der Waals surface area contributed by atoms with Gasteiger partial charge in [0.05, 0.1) is 0 Å². The van der Waals surface area contributed by atoms with Crippen LogP contribution in [0.3, 0.4) is 0 Å². The lowest BCUT2D eigenvalue weighted by Gasteiger charge is -2.36. The van der Waals surface area contributed by atoms with Gasteiger partial charge in [0.25, 0.3) is 0 Å². The van der Waals surface area contributed by atoms with Gasteiger partial charge in [-0.05, 0) is 35.1 Å². The van der Waals surface area contributed by atoms with Crippen molar-refractivity contribution in [1.82, 2.24) is 0 Å². The zero-order chi connectivity index (χ0) is 19.0. The topological polar surface area (TPSA) is 26.3 Å². The Labute approximate surface area is 163 Å². The highest BCUT2D eigenvalue weighted by Gasteiger charge is 2.37. The Bertz CT molecular complexity index is 1150. The first kappa shape index (κ1) is 16.5. The van der Waals surface area contributed by atoms with E-state index in [1.165, 1.54) is 0 Å². The van der Waals surface area contributed by atoms with Crippen molar-refractivity contribution in [3.8, 4) is 5.75 Å². The van der Waals surface area contributed by atoms with Crippen molar-refractivity contribution < 1.29 is 9.53 Å². The van der Waals surface area contributed by atoms with E-state index < -0.39 is 5.60 Å². The van der Waals surface area contributed by atoms with Crippen LogP contribution in [0, 0.1) is 0 Å². The zero-order valence-corrected chi connectivity index (χ0v) is 15.2. The number of carbonyl (C=O) groups is 1. The molecule has 0 saturated carbocycles. The largest absolute Gasteiger partial charge is 0.473 e. The Morgan fingerprint density at radius 3 is 2.07 bits per heavy atom. The predicted molar refractivity (Wildman–Crippen MR) is 113 cm³/mol. The summed E-state index contributed by atoms with van der Waals surface area (Å²) < 4.78 is 6.70. The third-order valence-electron chi connectivity index (χ3n) is 5.34. The van der Waals surface area contributed by atoms with Crippen LogP contribution in [-0.4, -0.2) is 6.29 Å². The van der Waals surface area contributed by atoms with E-state index in [-0.39, 0.29) is 0 Å². The van der Waals surface area contributed by atoms with Crippen molar-refractivity contribution in [2.24, 2.45) is 0 Å². The van der Waals surface area contributed by atoms with Gasteiger partial charge in [-0.25, -0.2) is 0 Å². The minimum Gasteiger partial charge on any atom is -0.473 e. The number of aldehydes is 1. The van der Waals surface area contributed by atoms with Crippen molar-refractivity contribution >= 4 is 23.1 Å². The number of hydrogen-bond acceptors (Lipinski definition) is 2. The second kappa shape index (κ2) is 6.50. The molecule has 1 heterocycles. The average molecular weight is 362 g/mol. The van der Waals surface area contributed by atoms with Crippen LogP contribution in [0.25, 0.3) is 16.8 Å². The van der Waals surface area contributed by atoms with Crippen LogP contribution in [0.15, 0.2) is 97.1 Å². The van der Waals surface area contributed by atoms with Crippen LogP contribution in [0.2, 0.25) is 0 Å². The molecule has 4 aromatic carbocycles. The molecule has 1 aliphatic heterocycles. The summed E-state index contributed by atoms with van der Waals surface area (Å²) in [6.07, 6.45) is 5.15. The van der Waals surface area contributed by atoms with Crippen LogP contribution in [0.1, 0.15) is 27.0 Å². The van der Waals surface area contributed by atoms with Gasteiger partial charge in [-0.3, -0.25) is 4.79 Å². The first-order chi connectivity index (χ1) is 13.8. The minimum absolute atomic E-state index is 0.675. The lowest BCUT2D eigenvalue weighted by molar-refractivity contribution is 0.112. The SMILES string of the molecule is O=Cc1ccc2c3c(ccc2c1)OC(c1ccccc1)(c1ccccc1)C=C3. The van der Waals surface area contributed by atoms with Gasteiger partial charge in [0, 0.05) is 22.3 Å². The summed E-state index contributed by atoms with van der Waals surface area (Å²) in [5, 5.41) is 2.11. The minimum atomic E-state index is -0.675. The maximum atomic E-state index is 11.1. The van der Waals surface area contributed by atoms with Crippen LogP contribution >= 0.6 is 0 Å². The summed E-state index contributed by atoms with van der Waals surface area (Å²) in [6, 6.07) is 30.3. The van der Waals surface area contributed by atoms with E-state index in [1.54, 1.807) is 0 Å². The molecule has 0 atom stereocenters. The highest BCUT2D eigenvalue weighted by molar-refractivity contribution is 5.96. The smallest absolute Gasteiger partial charge is 0.178 e. The quantitative estimate of drug-likeness (QED) is 0.418. The van der Waals surface area contributed by atoms with E-state index >= 15 is 0 Å². The van der Waals surface area contributed by atoms with E-state index in [1.807, 2.05) is 66.7 Å². The highest BCUT2D eigenvalue weighted by Crippen LogP contribution is 2.44. The molecule has 1 aliphatic rings. The first-order valence-corrected chi connectivity index (χ1v) is 9.31. The Kier molecular flexibility index (Phi) is 3.84. The van der Waals surface area contributed by atoms with Gasteiger partial charge < -0.3 is 4.74 Å². The second-order valence-corrected chi connectivity index (χ2v) is 6.98. The summed E-state index contributed by atoms with van der Waals surface area (Å²) in [7, 11) is 0. The Balaban J connectivity index is 1.72. The zero-order valence-electron chi connectivity index (χ0n) is 15.2. The lowest BCUT2D eigenvalue weighted by atomic mass is 9.83. The normalized spacial score (nSPS) is 14.3. The van der Waals surface area contributed by atoms with E-state index in [0.717, 1.165) is 39.5 Å². The predicted octanol–water partition coefficient (Wildman–Crippen LogP) is 6.00. The van der Waals surface area contributed by atoms with Gasteiger partial charge in [0.2, 0.25) is 0 Å². The summed E-state index contributed by atoms with van der Waals surface area (Å²) in [5.74, 6) is 0.835. The lowest BCUT2D eigenvalue weighted by Crippen LogP contribution is -2.34. The van der Waals surface area contributed by atoms with Gasteiger partial charge in [-0.1, -0.05) is 78.9 Å². The molecule has 0 amide bonds. The van der Waals surface area contributed by atoms with Crippen LogP contribution in [0.4, 0.5) is 0 Å². The molecule has 0 aromatic heterocycles. The van der Waals surface area contributed by atoms with Crippen LogP contribution in [-0.2, 0) is 5.60 Å². The standard InChI is InChI=1S/C26H18O2/c27-18-19-11-13-23-20(17-19)12-14-25-24(23)15-16-26(28-25,21-7-3-1-4-8-21)22-9-5-2-6-10-22/h1-18H. The average Bonchev–Trinajstić information content (AvgIpc) is 2.79. The molecule has 2 heteroatoms. The summed E-state index contributed by atoms with van der Waals surface area (Å²) in [6.45, 7) is 0. The Hall–Kier alpha value is -3.65. The van der Waals surface area contributed by atoms with Crippen molar-refractivity contribution in [3.05, 3.63) is 119 Å².